The molecule has 1 fully saturated rings. The zero-order valence-corrected chi connectivity index (χ0v) is 15.1. The molecule has 0 amide bonds. The van der Waals surface area contributed by atoms with E-state index in [4.69, 9.17) is 0 Å². The van der Waals surface area contributed by atoms with Crippen LogP contribution >= 0.6 is 11.8 Å². The van der Waals surface area contributed by atoms with Gasteiger partial charge in [-0.25, -0.2) is 8.42 Å². The van der Waals surface area contributed by atoms with Crippen molar-refractivity contribution in [3.8, 4) is 0 Å². The van der Waals surface area contributed by atoms with E-state index in [1.165, 1.54) is 11.8 Å². The van der Waals surface area contributed by atoms with Crippen LogP contribution in [0.5, 0.6) is 0 Å². The molecule has 6 nitrogen and oxygen atoms in total. The Bertz CT molecular complexity index is 790. The van der Waals surface area contributed by atoms with Crippen LogP contribution in [-0.2, 0) is 23.3 Å². The Hall–Kier alpha value is -1.38. The minimum atomic E-state index is -2.87. The summed E-state index contributed by atoms with van der Waals surface area (Å²) >= 11 is 1.45. The number of aliphatic hydroxyl groups is 1. The van der Waals surface area contributed by atoms with Crippen LogP contribution in [0.3, 0.4) is 0 Å². The van der Waals surface area contributed by atoms with E-state index in [0.29, 0.717) is 18.6 Å². The molecule has 2 atom stereocenters. The Balaban J connectivity index is 1.59. The van der Waals surface area contributed by atoms with Gasteiger partial charge in [-0.2, -0.15) is 0 Å². The van der Waals surface area contributed by atoms with E-state index in [0.717, 1.165) is 16.5 Å². The molecule has 0 radical (unpaired) electrons. The highest BCUT2D eigenvalue weighted by molar-refractivity contribution is 7.99. The lowest BCUT2D eigenvalue weighted by molar-refractivity contribution is 0.204. The minimum absolute atomic E-state index is 0.130. The zero-order valence-electron chi connectivity index (χ0n) is 13.5. The molecule has 0 aliphatic carbocycles. The molecule has 2 heterocycles. The topological polar surface area (TPSA) is 85.1 Å². The van der Waals surface area contributed by atoms with Crippen molar-refractivity contribution in [1.82, 2.24) is 14.8 Å². The van der Waals surface area contributed by atoms with Gasteiger partial charge in [0.2, 0.25) is 0 Å². The highest BCUT2D eigenvalue weighted by Crippen LogP contribution is 2.26. The number of hydrogen-bond acceptors (Lipinski definition) is 6. The third-order valence-electron chi connectivity index (χ3n) is 4.28. The van der Waals surface area contributed by atoms with Crippen molar-refractivity contribution < 1.29 is 13.5 Å². The van der Waals surface area contributed by atoms with Crippen molar-refractivity contribution in [2.75, 3.05) is 17.3 Å². The van der Waals surface area contributed by atoms with Gasteiger partial charge in [0.25, 0.3) is 0 Å². The molecule has 2 unspecified atom stereocenters. The normalized spacial score (nSPS) is 21.0. The van der Waals surface area contributed by atoms with Crippen LogP contribution in [0.1, 0.15) is 23.9 Å². The molecule has 1 aliphatic rings. The molecular weight excluding hydrogens is 346 g/mol. The molecule has 8 heteroatoms. The van der Waals surface area contributed by atoms with Gasteiger partial charge in [-0.15, -0.1) is 10.2 Å². The van der Waals surface area contributed by atoms with Gasteiger partial charge in [-0.1, -0.05) is 42.1 Å². The summed E-state index contributed by atoms with van der Waals surface area (Å²) in [5.41, 5.74) is 0.878. The fraction of sp³-hybridized carbons (Fsp3) is 0.500. The van der Waals surface area contributed by atoms with Gasteiger partial charge in [0.1, 0.15) is 5.82 Å². The molecule has 24 heavy (non-hydrogen) atoms. The number of nitrogens with zero attached hydrogens (tertiary/aromatic N) is 3. The van der Waals surface area contributed by atoms with Gasteiger partial charge in [-0.05, 0) is 17.9 Å². The Labute approximate surface area is 146 Å². The highest BCUT2D eigenvalue weighted by Gasteiger charge is 2.29. The summed E-state index contributed by atoms with van der Waals surface area (Å²) in [7, 11) is -0.984. The maximum Gasteiger partial charge on any atom is 0.191 e. The Morgan fingerprint density at radius 2 is 2.08 bits per heavy atom. The number of thioether (sulfide) groups is 1. The molecular formula is C16H21N3O3S2. The van der Waals surface area contributed by atoms with Gasteiger partial charge < -0.3 is 9.67 Å². The van der Waals surface area contributed by atoms with Gasteiger partial charge in [-0.3, -0.25) is 0 Å². The standard InChI is InChI=1S/C16H21N3O3S2/c1-19-15(9-12-7-8-24(21,22)11-12)17-18-16(19)23-10-14(20)13-5-3-2-4-6-13/h2-6,12,14,20H,7-11H2,1H3. The number of sulfone groups is 1. The second-order valence-electron chi connectivity index (χ2n) is 6.17. The fourth-order valence-corrected chi connectivity index (χ4v) is 5.62. The summed E-state index contributed by atoms with van der Waals surface area (Å²) < 4.78 is 25.0. The third kappa shape index (κ3) is 4.17. The molecule has 0 saturated carbocycles. The highest BCUT2D eigenvalue weighted by atomic mass is 32.2. The van der Waals surface area contributed by atoms with E-state index >= 15 is 0 Å². The lowest BCUT2D eigenvalue weighted by Crippen LogP contribution is -2.11. The number of rotatable bonds is 6. The van der Waals surface area contributed by atoms with Crippen molar-refractivity contribution in [2.24, 2.45) is 13.0 Å². The summed E-state index contributed by atoms with van der Waals surface area (Å²) in [4.78, 5) is 0. The summed E-state index contributed by atoms with van der Waals surface area (Å²) in [6.07, 6.45) is 0.769. The van der Waals surface area contributed by atoms with Crippen molar-refractivity contribution in [3.63, 3.8) is 0 Å². The van der Waals surface area contributed by atoms with E-state index in [-0.39, 0.29) is 17.4 Å². The third-order valence-corrected chi connectivity index (χ3v) is 7.21. The predicted molar refractivity (Wildman–Crippen MR) is 93.6 cm³/mol. The van der Waals surface area contributed by atoms with Crippen LogP contribution in [0.4, 0.5) is 0 Å². The maximum absolute atomic E-state index is 11.6. The molecule has 1 N–H and O–H groups in total. The van der Waals surface area contributed by atoms with E-state index in [9.17, 15) is 13.5 Å². The average Bonchev–Trinajstić information content (AvgIpc) is 3.09. The molecule has 1 aromatic heterocycles. The van der Waals surface area contributed by atoms with E-state index in [1.54, 1.807) is 0 Å². The van der Waals surface area contributed by atoms with Crippen LogP contribution in [0.15, 0.2) is 35.5 Å². The van der Waals surface area contributed by atoms with Crippen LogP contribution in [-0.4, -0.2) is 45.5 Å². The number of aromatic nitrogens is 3. The summed E-state index contributed by atoms with van der Waals surface area (Å²) in [5, 5.41) is 19.3. The first-order valence-electron chi connectivity index (χ1n) is 7.89. The minimum Gasteiger partial charge on any atom is -0.388 e. The van der Waals surface area contributed by atoms with E-state index in [1.807, 2.05) is 41.9 Å². The van der Waals surface area contributed by atoms with Crippen LogP contribution < -0.4 is 0 Å². The molecule has 130 valence electrons. The number of hydrogen-bond donors (Lipinski definition) is 1. The molecule has 2 aromatic rings. The Kier molecular flexibility index (Phi) is 5.27. The first-order valence-corrected chi connectivity index (χ1v) is 10.7. The average molecular weight is 367 g/mol. The lowest BCUT2D eigenvalue weighted by atomic mass is 10.1. The number of aliphatic hydroxyl groups excluding tert-OH is 1. The van der Waals surface area contributed by atoms with Crippen LogP contribution in [0.2, 0.25) is 0 Å². The Morgan fingerprint density at radius 1 is 1.33 bits per heavy atom. The predicted octanol–water partition coefficient (Wildman–Crippen LogP) is 1.62. The second-order valence-corrected chi connectivity index (χ2v) is 9.38. The largest absolute Gasteiger partial charge is 0.388 e. The van der Waals surface area contributed by atoms with E-state index < -0.39 is 15.9 Å². The molecule has 1 aliphatic heterocycles. The lowest BCUT2D eigenvalue weighted by Gasteiger charge is -2.10. The van der Waals surface area contributed by atoms with Crippen LogP contribution in [0, 0.1) is 5.92 Å². The van der Waals surface area contributed by atoms with Crippen LogP contribution in [0.25, 0.3) is 0 Å². The Morgan fingerprint density at radius 3 is 2.75 bits per heavy atom. The van der Waals surface area contributed by atoms with Gasteiger partial charge in [0, 0.05) is 19.2 Å². The van der Waals surface area contributed by atoms with E-state index in [2.05, 4.69) is 10.2 Å². The smallest absolute Gasteiger partial charge is 0.191 e. The molecule has 0 spiro atoms. The number of benzene rings is 1. The first kappa shape index (κ1) is 17.4. The SMILES string of the molecule is Cn1c(CC2CCS(=O)(=O)C2)nnc1SCC(O)c1ccccc1. The summed E-state index contributed by atoms with van der Waals surface area (Å²) in [6, 6.07) is 9.52. The molecule has 3 rings (SSSR count). The van der Waals surface area contributed by atoms with Gasteiger partial charge in [0.05, 0.1) is 17.6 Å². The van der Waals surface area contributed by atoms with Crippen molar-refractivity contribution >= 4 is 21.6 Å². The monoisotopic (exact) mass is 367 g/mol. The second kappa shape index (κ2) is 7.25. The van der Waals surface area contributed by atoms with Gasteiger partial charge >= 0.3 is 0 Å². The summed E-state index contributed by atoms with van der Waals surface area (Å²) in [5.74, 6) is 1.95. The van der Waals surface area contributed by atoms with Crippen molar-refractivity contribution in [2.45, 2.75) is 24.1 Å². The fourth-order valence-electron chi connectivity index (χ4n) is 2.86. The molecule has 1 saturated heterocycles. The quantitative estimate of drug-likeness (QED) is 0.781. The van der Waals surface area contributed by atoms with Gasteiger partial charge in [0.15, 0.2) is 15.0 Å². The maximum atomic E-state index is 11.6. The van der Waals surface area contributed by atoms with Crippen molar-refractivity contribution in [1.29, 1.82) is 0 Å². The molecule has 1 aromatic carbocycles. The first-order chi connectivity index (χ1) is 11.4. The molecule has 0 bridgehead atoms. The summed E-state index contributed by atoms with van der Waals surface area (Å²) in [6.45, 7) is 0. The van der Waals surface area contributed by atoms with Crippen molar-refractivity contribution in [3.05, 3.63) is 41.7 Å². The zero-order chi connectivity index (χ0) is 17.2.